The molecule has 2 aromatic carbocycles. The van der Waals surface area contributed by atoms with Gasteiger partial charge in [0.25, 0.3) is 5.91 Å². The van der Waals surface area contributed by atoms with Crippen molar-refractivity contribution in [2.24, 2.45) is 0 Å². The number of aromatic amines is 1. The van der Waals surface area contributed by atoms with E-state index in [0.29, 0.717) is 25.1 Å². The summed E-state index contributed by atoms with van der Waals surface area (Å²) in [6, 6.07) is 11.8. The molecular weight excluding hydrogens is 470 g/mol. The fourth-order valence-electron chi connectivity index (χ4n) is 6.24. The van der Waals surface area contributed by atoms with Gasteiger partial charge in [-0.2, -0.15) is 5.10 Å². The summed E-state index contributed by atoms with van der Waals surface area (Å²) in [5, 5.41) is 10.8. The maximum atomic E-state index is 13.1. The molecule has 3 amide bonds. The van der Waals surface area contributed by atoms with Gasteiger partial charge < -0.3 is 9.64 Å². The number of benzene rings is 2. The lowest BCUT2D eigenvalue weighted by Gasteiger charge is -2.42. The van der Waals surface area contributed by atoms with Gasteiger partial charge in [0, 0.05) is 43.0 Å². The van der Waals surface area contributed by atoms with Crippen LogP contribution in [0.15, 0.2) is 42.6 Å². The summed E-state index contributed by atoms with van der Waals surface area (Å²) in [5.41, 5.74) is 4.97. The van der Waals surface area contributed by atoms with Crippen molar-refractivity contribution in [1.29, 1.82) is 0 Å². The number of nitrogens with one attached hydrogen (secondary N) is 2. The Morgan fingerprint density at radius 1 is 1.14 bits per heavy atom. The average Bonchev–Trinajstić information content (AvgIpc) is 3.51. The zero-order valence-corrected chi connectivity index (χ0v) is 21.0. The second-order valence-electron chi connectivity index (χ2n) is 10.5. The fraction of sp³-hybridized carbons (Fsp3) is 0.429. The van der Waals surface area contributed by atoms with Gasteiger partial charge in [-0.3, -0.25) is 29.7 Å². The Morgan fingerprint density at radius 3 is 2.76 bits per heavy atom. The smallest absolute Gasteiger partial charge is 0.255 e. The molecule has 2 N–H and O–H groups in total. The van der Waals surface area contributed by atoms with E-state index in [0.717, 1.165) is 43.6 Å². The fourth-order valence-corrected chi connectivity index (χ4v) is 6.24. The molecule has 3 aliphatic rings. The summed E-state index contributed by atoms with van der Waals surface area (Å²) in [7, 11) is 1.75. The molecule has 0 bridgehead atoms. The van der Waals surface area contributed by atoms with Crippen molar-refractivity contribution in [3.05, 3.63) is 64.8 Å². The monoisotopic (exact) mass is 501 g/mol. The third-order valence-corrected chi connectivity index (χ3v) is 8.34. The van der Waals surface area contributed by atoms with Gasteiger partial charge >= 0.3 is 0 Å². The van der Waals surface area contributed by atoms with Crippen LogP contribution in [0.5, 0.6) is 0 Å². The van der Waals surface area contributed by atoms with Crippen LogP contribution in [-0.2, 0) is 32.8 Å². The van der Waals surface area contributed by atoms with Gasteiger partial charge in [-0.1, -0.05) is 24.3 Å². The van der Waals surface area contributed by atoms with Crippen molar-refractivity contribution in [3.63, 3.8) is 0 Å². The predicted molar refractivity (Wildman–Crippen MR) is 137 cm³/mol. The normalized spacial score (nSPS) is 21.9. The number of rotatable bonds is 6. The number of hydrogen-bond acceptors (Lipinski definition) is 6. The molecule has 3 aliphatic heterocycles. The predicted octanol–water partition coefficient (Wildman–Crippen LogP) is 2.50. The Morgan fingerprint density at radius 2 is 1.97 bits per heavy atom. The number of methoxy groups -OCH3 is 1. The second kappa shape index (κ2) is 9.39. The quantitative estimate of drug-likeness (QED) is 0.503. The molecule has 9 nitrogen and oxygen atoms in total. The van der Waals surface area contributed by atoms with Gasteiger partial charge in [0.05, 0.1) is 18.3 Å². The summed E-state index contributed by atoms with van der Waals surface area (Å²) < 4.78 is 5.73. The summed E-state index contributed by atoms with van der Waals surface area (Å²) in [6.45, 7) is 3.76. The SMILES string of the molecule is COCC1(c2ccc3c(c2)CN(C2CCC(=O)NC2=O)C3=O)CCN(Cc2cccc3[nH]ncc23)CC1. The molecule has 1 atom stereocenters. The Bertz CT molecular complexity index is 1370. The number of likely N-dealkylation sites (tertiary alicyclic amines) is 1. The summed E-state index contributed by atoms with van der Waals surface area (Å²) in [5.74, 6) is -0.797. The number of hydrogen-bond donors (Lipinski definition) is 2. The lowest BCUT2D eigenvalue weighted by Crippen LogP contribution is -2.52. The highest BCUT2D eigenvalue weighted by Crippen LogP contribution is 2.39. The molecule has 4 heterocycles. The number of nitrogens with zero attached hydrogens (tertiary/aromatic N) is 3. The topological polar surface area (TPSA) is 108 Å². The first-order valence-corrected chi connectivity index (χ1v) is 12.9. The van der Waals surface area contributed by atoms with Crippen LogP contribution in [0.3, 0.4) is 0 Å². The number of imide groups is 1. The Kier molecular flexibility index (Phi) is 6.04. The van der Waals surface area contributed by atoms with Gasteiger partial charge in [-0.15, -0.1) is 0 Å². The molecule has 192 valence electrons. The molecule has 2 fully saturated rings. The van der Waals surface area contributed by atoms with Gasteiger partial charge in [0.1, 0.15) is 6.04 Å². The number of fused-ring (bicyclic) bond motifs is 2. The molecule has 9 heteroatoms. The molecule has 0 aliphatic carbocycles. The molecule has 0 saturated carbocycles. The molecule has 6 rings (SSSR count). The van der Waals surface area contributed by atoms with Crippen LogP contribution in [0.1, 0.15) is 52.7 Å². The number of aromatic nitrogens is 2. The van der Waals surface area contributed by atoms with E-state index >= 15 is 0 Å². The zero-order chi connectivity index (χ0) is 25.6. The van der Waals surface area contributed by atoms with Crippen LogP contribution < -0.4 is 5.32 Å². The van der Waals surface area contributed by atoms with E-state index in [9.17, 15) is 14.4 Å². The van der Waals surface area contributed by atoms with Gasteiger partial charge in [0.2, 0.25) is 11.8 Å². The largest absolute Gasteiger partial charge is 0.384 e. The highest BCUT2D eigenvalue weighted by atomic mass is 16.5. The van der Waals surface area contributed by atoms with Crippen molar-refractivity contribution in [1.82, 2.24) is 25.3 Å². The van der Waals surface area contributed by atoms with Gasteiger partial charge in [-0.05, 0) is 61.2 Å². The molecule has 0 radical (unpaired) electrons. The van der Waals surface area contributed by atoms with Crippen LogP contribution in [0.2, 0.25) is 0 Å². The first-order valence-electron chi connectivity index (χ1n) is 12.9. The Balaban J connectivity index is 1.19. The summed E-state index contributed by atoms with van der Waals surface area (Å²) in [6.07, 6.45) is 4.42. The summed E-state index contributed by atoms with van der Waals surface area (Å²) in [4.78, 5) is 41.2. The van der Waals surface area contributed by atoms with E-state index < -0.39 is 6.04 Å². The van der Waals surface area contributed by atoms with Crippen molar-refractivity contribution in [2.45, 2.75) is 50.2 Å². The maximum absolute atomic E-state index is 13.1. The lowest BCUT2D eigenvalue weighted by atomic mass is 9.72. The third kappa shape index (κ3) is 4.22. The van der Waals surface area contributed by atoms with Crippen LogP contribution in [0.4, 0.5) is 0 Å². The van der Waals surface area contributed by atoms with Crippen LogP contribution >= 0.6 is 0 Å². The molecule has 3 aromatic rings. The molecule has 0 spiro atoms. The highest BCUT2D eigenvalue weighted by molar-refractivity contribution is 6.05. The van der Waals surface area contributed by atoms with Crippen LogP contribution in [-0.4, -0.2) is 70.6 Å². The number of piperidine rings is 2. The highest BCUT2D eigenvalue weighted by Gasteiger charge is 2.41. The average molecular weight is 502 g/mol. The lowest BCUT2D eigenvalue weighted by molar-refractivity contribution is -0.136. The minimum absolute atomic E-state index is 0.132. The van der Waals surface area contributed by atoms with Crippen molar-refractivity contribution in [2.75, 3.05) is 26.8 Å². The molecule has 2 saturated heterocycles. The number of amides is 3. The number of carbonyl (C=O) groups is 3. The standard InChI is InChI=1S/C28H31N5O4/c1-37-17-28(9-11-32(12-10-28)15-18-3-2-4-23-22(18)14-29-31-23)20-5-6-21-19(13-20)16-33(27(21)36)24-7-8-25(34)30-26(24)35/h2-6,13-14,24H,7-12,15-17H2,1H3,(H,29,31)(H,30,34,35). The molecular formula is C28H31N5O4. The number of H-pyrrole nitrogens is 1. The van der Waals surface area contributed by atoms with E-state index in [1.54, 1.807) is 12.0 Å². The number of ether oxygens (including phenoxy) is 1. The minimum Gasteiger partial charge on any atom is -0.384 e. The van der Waals surface area contributed by atoms with E-state index in [2.05, 4.69) is 44.7 Å². The Labute approximate surface area is 215 Å². The molecule has 1 unspecified atom stereocenters. The molecule has 37 heavy (non-hydrogen) atoms. The zero-order valence-electron chi connectivity index (χ0n) is 21.0. The van der Waals surface area contributed by atoms with E-state index in [-0.39, 0.29) is 29.6 Å². The first-order chi connectivity index (χ1) is 18.0. The number of carbonyl (C=O) groups excluding carboxylic acids is 3. The van der Waals surface area contributed by atoms with Crippen molar-refractivity contribution in [3.8, 4) is 0 Å². The van der Waals surface area contributed by atoms with Crippen molar-refractivity contribution < 1.29 is 19.1 Å². The van der Waals surface area contributed by atoms with Crippen LogP contribution in [0.25, 0.3) is 10.9 Å². The Hall–Kier alpha value is -3.56. The van der Waals surface area contributed by atoms with Crippen molar-refractivity contribution >= 4 is 28.6 Å². The van der Waals surface area contributed by atoms with E-state index in [1.165, 1.54) is 16.5 Å². The maximum Gasteiger partial charge on any atom is 0.255 e. The summed E-state index contributed by atoms with van der Waals surface area (Å²) >= 11 is 0. The van der Waals surface area contributed by atoms with E-state index in [1.807, 2.05) is 18.3 Å². The molecule has 1 aromatic heterocycles. The second-order valence-corrected chi connectivity index (χ2v) is 10.5. The minimum atomic E-state index is -0.600. The van der Waals surface area contributed by atoms with E-state index in [4.69, 9.17) is 4.74 Å². The van der Waals surface area contributed by atoms with Crippen LogP contribution in [0, 0.1) is 0 Å². The third-order valence-electron chi connectivity index (χ3n) is 8.34. The first kappa shape index (κ1) is 23.8. The van der Waals surface area contributed by atoms with Gasteiger partial charge in [-0.25, -0.2) is 0 Å². The van der Waals surface area contributed by atoms with Gasteiger partial charge in [0.15, 0.2) is 0 Å².